The van der Waals surface area contributed by atoms with E-state index in [4.69, 9.17) is 0 Å². The fourth-order valence-corrected chi connectivity index (χ4v) is 5.42. The van der Waals surface area contributed by atoms with Gasteiger partial charge in [-0.25, -0.2) is 0 Å². The number of rotatable bonds is 5. The van der Waals surface area contributed by atoms with E-state index >= 15 is 0 Å². The number of nitrogens with one attached hydrogen (secondary N) is 1. The Kier molecular flexibility index (Phi) is 4.91. The van der Waals surface area contributed by atoms with Crippen LogP contribution >= 0.6 is 11.3 Å². The van der Waals surface area contributed by atoms with Gasteiger partial charge >= 0.3 is 5.97 Å². The maximum atomic E-state index is 12.6. The van der Waals surface area contributed by atoms with Gasteiger partial charge in [0.05, 0.1) is 12.0 Å². The molecule has 0 radical (unpaired) electrons. The molecule has 2 aliphatic rings. The van der Waals surface area contributed by atoms with Crippen LogP contribution in [0.2, 0.25) is 0 Å². The standard InChI is InChI=1S/C18H22N2O3S/c19-11-13-12-5-4-6-14(12)24-17(13)20-15(21)9-18(10-16(22)23)7-2-1-3-8-18/h1-10H2,(H,20,21)(H,22,23). The molecule has 0 bridgehead atoms. The normalized spacial score (nSPS) is 18.6. The maximum absolute atomic E-state index is 12.6. The van der Waals surface area contributed by atoms with Crippen LogP contribution in [-0.2, 0) is 22.4 Å². The van der Waals surface area contributed by atoms with Crippen molar-refractivity contribution in [1.29, 1.82) is 5.26 Å². The molecule has 1 amide bonds. The molecule has 5 nitrogen and oxygen atoms in total. The molecule has 0 aliphatic heterocycles. The lowest BCUT2D eigenvalue weighted by atomic mass is 9.69. The summed E-state index contributed by atoms with van der Waals surface area (Å²) in [6.07, 6.45) is 7.90. The van der Waals surface area contributed by atoms with Crippen molar-refractivity contribution >= 4 is 28.2 Å². The summed E-state index contributed by atoms with van der Waals surface area (Å²) in [7, 11) is 0. The Hall–Kier alpha value is -1.87. The summed E-state index contributed by atoms with van der Waals surface area (Å²) < 4.78 is 0. The number of thiophene rings is 1. The number of nitriles is 1. The van der Waals surface area contributed by atoms with Crippen molar-refractivity contribution in [3.8, 4) is 6.07 Å². The molecule has 1 aromatic heterocycles. The van der Waals surface area contributed by atoms with E-state index in [9.17, 15) is 20.0 Å². The molecule has 1 heterocycles. The van der Waals surface area contributed by atoms with Crippen LogP contribution in [0.1, 0.15) is 67.4 Å². The first-order valence-electron chi connectivity index (χ1n) is 8.59. The molecular weight excluding hydrogens is 324 g/mol. The van der Waals surface area contributed by atoms with Gasteiger partial charge in [-0.05, 0) is 43.1 Å². The van der Waals surface area contributed by atoms with Gasteiger partial charge in [0.1, 0.15) is 11.1 Å². The second kappa shape index (κ2) is 6.94. The Morgan fingerprint density at radius 1 is 1.17 bits per heavy atom. The Labute approximate surface area is 145 Å². The molecular formula is C18H22N2O3S. The Balaban J connectivity index is 1.73. The van der Waals surface area contributed by atoms with Crippen LogP contribution < -0.4 is 5.32 Å². The first-order chi connectivity index (χ1) is 11.5. The number of hydrogen-bond donors (Lipinski definition) is 2. The van der Waals surface area contributed by atoms with Crippen LogP contribution in [0.3, 0.4) is 0 Å². The number of carbonyl (C=O) groups excluding carboxylic acids is 1. The number of aliphatic carboxylic acids is 1. The summed E-state index contributed by atoms with van der Waals surface area (Å²) in [5, 5.41) is 22.2. The molecule has 0 atom stereocenters. The first-order valence-corrected chi connectivity index (χ1v) is 9.41. The second-order valence-corrected chi connectivity index (χ2v) is 8.13. The molecule has 1 fully saturated rings. The minimum atomic E-state index is -0.836. The van der Waals surface area contributed by atoms with Crippen molar-refractivity contribution in [2.45, 2.75) is 64.2 Å². The second-order valence-electron chi connectivity index (χ2n) is 7.03. The molecule has 1 saturated carbocycles. The van der Waals surface area contributed by atoms with Crippen molar-refractivity contribution in [2.75, 3.05) is 5.32 Å². The number of amides is 1. The van der Waals surface area contributed by atoms with Crippen LogP contribution in [0, 0.1) is 16.7 Å². The van der Waals surface area contributed by atoms with Crippen LogP contribution in [0.5, 0.6) is 0 Å². The van der Waals surface area contributed by atoms with Crippen LogP contribution in [0.15, 0.2) is 0 Å². The number of aryl methyl sites for hydroxylation is 1. The van der Waals surface area contributed by atoms with E-state index in [2.05, 4.69) is 11.4 Å². The zero-order valence-electron chi connectivity index (χ0n) is 13.7. The van der Waals surface area contributed by atoms with E-state index in [0.717, 1.165) is 56.9 Å². The highest BCUT2D eigenvalue weighted by Gasteiger charge is 2.37. The Morgan fingerprint density at radius 3 is 2.58 bits per heavy atom. The lowest BCUT2D eigenvalue weighted by Crippen LogP contribution is -2.32. The van der Waals surface area contributed by atoms with Crippen LogP contribution in [-0.4, -0.2) is 17.0 Å². The number of nitrogens with zero attached hydrogens (tertiary/aromatic N) is 1. The third-order valence-corrected chi connectivity index (χ3v) is 6.47. The highest BCUT2D eigenvalue weighted by atomic mass is 32.1. The number of carboxylic acid groups (broad SMARTS) is 1. The van der Waals surface area contributed by atoms with E-state index in [0.29, 0.717) is 10.6 Å². The summed E-state index contributed by atoms with van der Waals surface area (Å²) in [5.41, 5.74) is 1.27. The number of fused-ring (bicyclic) bond motifs is 1. The first kappa shape index (κ1) is 17.0. The van der Waals surface area contributed by atoms with Gasteiger partial charge in [0.15, 0.2) is 0 Å². The van der Waals surface area contributed by atoms with E-state index in [-0.39, 0.29) is 18.7 Å². The highest BCUT2D eigenvalue weighted by molar-refractivity contribution is 7.16. The average Bonchev–Trinajstić information content (AvgIpc) is 3.07. The lowest BCUT2D eigenvalue weighted by Gasteiger charge is -2.35. The van der Waals surface area contributed by atoms with Crippen molar-refractivity contribution in [3.63, 3.8) is 0 Å². The molecule has 0 spiro atoms. The van der Waals surface area contributed by atoms with Gasteiger partial charge in [0, 0.05) is 11.3 Å². The molecule has 3 rings (SSSR count). The Morgan fingerprint density at radius 2 is 1.92 bits per heavy atom. The SMILES string of the molecule is N#Cc1c(NC(=O)CC2(CC(=O)O)CCCCC2)sc2c1CCC2. The summed E-state index contributed by atoms with van der Waals surface area (Å²) in [5.74, 6) is -0.993. The minimum Gasteiger partial charge on any atom is -0.481 e. The molecule has 24 heavy (non-hydrogen) atoms. The van der Waals surface area contributed by atoms with Gasteiger partial charge in [-0.3, -0.25) is 9.59 Å². The number of hydrogen-bond acceptors (Lipinski definition) is 4. The van der Waals surface area contributed by atoms with Gasteiger partial charge in [0.25, 0.3) is 0 Å². The fraction of sp³-hybridized carbons (Fsp3) is 0.611. The third kappa shape index (κ3) is 3.46. The smallest absolute Gasteiger partial charge is 0.303 e. The molecule has 2 N–H and O–H groups in total. The van der Waals surface area contributed by atoms with Gasteiger partial charge in [-0.15, -0.1) is 11.3 Å². The monoisotopic (exact) mass is 346 g/mol. The quantitative estimate of drug-likeness (QED) is 0.847. The molecule has 0 aromatic carbocycles. The summed E-state index contributed by atoms with van der Waals surface area (Å²) >= 11 is 1.51. The van der Waals surface area contributed by atoms with Crippen molar-refractivity contribution in [3.05, 3.63) is 16.0 Å². The number of carbonyl (C=O) groups is 2. The summed E-state index contributed by atoms with van der Waals surface area (Å²) in [4.78, 5) is 25.0. The van der Waals surface area contributed by atoms with E-state index in [1.54, 1.807) is 0 Å². The van der Waals surface area contributed by atoms with E-state index in [1.807, 2.05) is 0 Å². The predicted octanol–water partition coefficient (Wildman–Crippen LogP) is 3.86. The van der Waals surface area contributed by atoms with Crippen LogP contribution in [0.25, 0.3) is 0 Å². The topological polar surface area (TPSA) is 90.2 Å². The number of anilines is 1. The van der Waals surface area contributed by atoms with Crippen LogP contribution in [0.4, 0.5) is 5.00 Å². The number of carboxylic acids is 1. The third-order valence-electron chi connectivity index (χ3n) is 5.26. The Bertz CT molecular complexity index is 696. The van der Waals surface area contributed by atoms with Gasteiger partial charge in [0.2, 0.25) is 5.91 Å². The van der Waals surface area contributed by atoms with Gasteiger partial charge in [-0.1, -0.05) is 19.3 Å². The fourth-order valence-electron chi connectivity index (χ4n) is 4.16. The lowest BCUT2D eigenvalue weighted by molar-refractivity contribution is -0.140. The molecule has 2 aliphatic carbocycles. The molecule has 6 heteroatoms. The van der Waals surface area contributed by atoms with Gasteiger partial charge in [-0.2, -0.15) is 5.26 Å². The molecule has 0 unspecified atom stereocenters. The molecule has 128 valence electrons. The maximum Gasteiger partial charge on any atom is 0.303 e. The minimum absolute atomic E-state index is 0.0481. The highest BCUT2D eigenvalue weighted by Crippen LogP contribution is 2.43. The van der Waals surface area contributed by atoms with Crippen molar-refractivity contribution < 1.29 is 14.7 Å². The average molecular weight is 346 g/mol. The van der Waals surface area contributed by atoms with Gasteiger partial charge < -0.3 is 10.4 Å². The summed E-state index contributed by atoms with van der Waals surface area (Å²) in [6, 6.07) is 2.23. The van der Waals surface area contributed by atoms with Crippen molar-refractivity contribution in [1.82, 2.24) is 0 Å². The van der Waals surface area contributed by atoms with Crippen molar-refractivity contribution in [2.24, 2.45) is 5.41 Å². The zero-order valence-corrected chi connectivity index (χ0v) is 14.5. The summed E-state index contributed by atoms with van der Waals surface area (Å²) in [6.45, 7) is 0. The zero-order chi connectivity index (χ0) is 17.2. The molecule has 1 aromatic rings. The predicted molar refractivity (Wildman–Crippen MR) is 92.1 cm³/mol. The van der Waals surface area contributed by atoms with E-state index < -0.39 is 11.4 Å². The van der Waals surface area contributed by atoms with E-state index in [1.165, 1.54) is 16.2 Å². The molecule has 0 saturated heterocycles. The largest absolute Gasteiger partial charge is 0.481 e.